The lowest BCUT2D eigenvalue weighted by molar-refractivity contribution is 0.415. The van der Waals surface area contributed by atoms with Gasteiger partial charge in [0.2, 0.25) is 0 Å². The van der Waals surface area contributed by atoms with E-state index in [4.69, 9.17) is 4.74 Å². The molecule has 1 heteroatoms. The molecule has 0 radical (unpaired) electrons. The van der Waals surface area contributed by atoms with Crippen molar-refractivity contribution in [3.63, 3.8) is 0 Å². The zero-order valence-corrected chi connectivity index (χ0v) is 14.7. The molecular weight excluding hydrogens is 316 g/mol. The Labute approximate surface area is 154 Å². The Hall–Kier alpha value is -3.32. The van der Waals surface area contributed by atoms with Gasteiger partial charge in [-0.15, -0.1) is 0 Å². The Morgan fingerprint density at radius 2 is 0.808 bits per heavy atom. The molecule has 0 aromatic heterocycles. The average molecular weight is 336 g/mol. The molecule has 0 atom stereocenters. The molecule has 0 unspecified atom stereocenters. The number of hydrogen-bond donors (Lipinski definition) is 0. The summed E-state index contributed by atoms with van der Waals surface area (Å²) in [6, 6.07) is 35.9. The van der Waals surface area contributed by atoms with Gasteiger partial charge in [-0.2, -0.15) is 0 Å². The van der Waals surface area contributed by atoms with E-state index >= 15 is 0 Å². The van der Waals surface area contributed by atoms with Crippen LogP contribution in [0.15, 0.2) is 103 Å². The lowest BCUT2D eigenvalue weighted by Gasteiger charge is -2.11. The highest BCUT2D eigenvalue weighted by molar-refractivity contribution is 5.76. The summed E-state index contributed by atoms with van der Waals surface area (Å²) < 4.78 is 5.53. The minimum absolute atomic E-state index is 0.869. The number of ether oxygens (including phenoxy) is 1. The maximum Gasteiger partial charge on any atom is 0.120 e. The molecule has 4 aromatic rings. The van der Waals surface area contributed by atoms with Gasteiger partial charge in [0, 0.05) is 0 Å². The van der Waals surface area contributed by atoms with E-state index in [0.29, 0.717) is 0 Å². The molecular formula is C25H20O. The predicted octanol–water partition coefficient (Wildman–Crippen LogP) is 6.70. The van der Waals surface area contributed by atoms with Crippen LogP contribution in [0, 0.1) is 0 Å². The SMILES string of the molecule is COc1cc(-c2ccccc2)cc(-c2ccc(-c3ccccc3)cc2)c1. The number of methoxy groups -OCH3 is 1. The van der Waals surface area contributed by atoms with Crippen molar-refractivity contribution in [1.82, 2.24) is 0 Å². The molecule has 4 rings (SSSR count). The fourth-order valence-electron chi connectivity index (χ4n) is 3.17. The van der Waals surface area contributed by atoms with Gasteiger partial charge in [-0.3, -0.25) is 0 Å². The summed E-state index contributed by atoms with van der Waals surface area (Å²) in [7, 11) is 1.71. The highest BCUT2D eigenvalue weighted by Gasteiger charge is 2.06. The molecule has 0 saturated carbocycles. The van der Waals surface area contributed by atoms with E-state index in [0.717, 1.165) is 16.9 Å². The molecule has 0 bridgehead atoms. The third-order valence-corrected chi connectivity index (χ3v) is 4.57. The fraction of sp³-hybridized carbons (Fsp3) is 0.0400. The summed E-state index contributed by atoms with van der Waals surface area (Å²) in [6.07, 6.45) is 0. The zero-order chi connectivity index (χ0) is 17.8. The van der Waals surface area contributed by atoms with Crippen molar-refractivity contribution in [3.8, 4) is 39.1 Å². The second kappa shape index (κ2) is 7.28. The normalized spacial score (nSPS) is 10.5. The highest BCUT2D eigenvalue weighted by atomic mass is 16.5. The molecule has 0 saturated heterocycles. The van der Waals surface area contributed by atoms with Crippen LogP contribution in [0.1, 0.15) is 0 Å². The van der Waals surface area contributed by atoms with Crippen molar-refractivity contribution in [3.05, 3.63) is 103 Å². The first-order valence-electron chi connectivity index (χ1n) is 8.74. The molecule has 4 aromatic carbocycles. The van der Waals surface area contributed by atoms with Crippen LogP contribution in [0.3, 0.4) is 0 Å². The molecule has 0 N–H and O–H groups in total. The van der Waals surface area contributed by atoms with Crippen LogP contribution in [0.25, 0.3) is 33.4 Å². The van der Waals surface area contributed by atoms with Crippen LogP contribution in [-0.4, -0.2) is 7.11 Å². The van der Waals surface area contributed by atoms with Crippen LogP contribution in [0.5, 0.6) is 5.75 Å². The summed E-state index contributed by atoms with van der Waals surface area (Å²) >= 11 is 0. The third kappa shape index (κ3) is 3.38. The topological polar surface area (TPSA) is 9.23 Å². The fourth-order valence-corrected chi connectivity index (χ4v) is 3.17. The maximum atomic E-state index is 5.53. The predicted molar refractivity (Wildman–Crippen MR) is 109 cm³/mol. The average Bonchev–Trinajstić information content (AvgIpc) is 2.75. The van der Waals surface area contributed by atoms with Gasteiger partial charge in [0.05, 0.1) is 7.11 Å². The molecule has 26 heavy (non-hydrogen) atoms. The van der Waals surface area contributed by atoms with E-state index in [1.165, 1.54) is 22.3 Å². The quantitative estimate of drug-likeness (QED) is 0.403. The molecule has 1 nitrogen and oxygen atoms in total. The van der Waals surface area contributed by atoms with Crippen molar-refractivity contribution >= 4 is 0 Å². The van der Waals surface area contributed by atoms with E-state index in [-0.39, 0.29) is 0 Å². The lowest BCUT2D eigenvalue weighted by Crippen LogP contribution is -1.87. The molecule has 0 spiro atoms. The molecule has 0 fully saturated rings. The standard InChI is InChI=1S/C25H20O/c1-26-25-17-23(20-10-6-3-7-11-20)16-24(18-25)22-14-12-21(13-15-22)19-8-4-2-5-9-19/h2-18H,1H3. The van der Waals surface area contributed by atoms with E-state index < -0.39 is 0 Å². The van der Waals surface area contributed by atoms with Gasteiger partial charge in [0.25, 0.3) is 0 Å². The minimum Gasteiger partial charge on any atom is -0.497 e. The number of rotatable bonds is 4. The van der Waals surface area contributed by atoms with Crippen molar-refractivity contribution in [2.45, 2.75) is 0 Å². The molecule has 0 aliphatic heterocycles. The van der Waals surface area contributed by atoms with Crippen molar-refractivity contribution < 1.29 is 4.74 Å². The van der Waals surface area contributed by atoms with Gasteiger partial charge >= 0.3 is 0 Å². The number of benzene rings is 4. The Kier molecular flexibility index (Phi) is 4.53. The van der Waals surface area contributed by atoms with E-state index in [9.17, 15) is 0 Å². The molecule has 0 heterocycles. The first-order valence-corrected chi connectivity index (χ1v) is 8.74. The first kappa shape index (κ1) is 16.2. The highest BCUT2D eigenvalue weighted by Crippen LogP contribution is 2.32. The third-order valence-electron chi connectivity index (χ3n) is 4.57. The Balaban J connectivity index is 1.73. The molecule has 126 valence electrons. The summed E-state index contributed by atoms with van der Waals surface area (Å²) in [5, 5.41) is 0. The monoisotopic (exact) mass is 336 g/mol. The first-order chi connectivity index (χ1) is 12.8. The van der Waals surface area contributed by atoms with E-state index in [2.05, 4.69) is 91.0 Å². The molecule has 0 amide bonds. The Morgan fingerprint density at radius 3 is 1.27 bits per heavy atom. The van der Waals surface area contributed by atoms with Gasteiger partial charge in [-0.1, -0.05) is 84.9 Å². The Bertz CT molecular complexity index is 987. The van der Waals surface area contributed by atoms with Crippen LogP contribution in [0.4, 0.5) is 0 Å². The molecule has 0 aliphatic carbocycles. The lowest BCUT2D eigenvalue weighted by atomic mass is 9.97. The molecule has 0 aliphatic rings. The largest absolute Gasteiger partial charge is 0.497 e. The second-order valence-electron chi connectivity index (χ2n) is 6.26. The summed E-state index contributed by atoms with van der Waals surface area (Å²) in [5.74, 6) is 0.869. The van der Waals surface area contributed by atoms with Crippen LogP contribution in [0.2, 0.25) is 0 Å². The van der Waals surface area contributed by atoms with Crippen molar-refractivity contribution in [2.24, 2.45) is 0 Å². The van der Waals surface area contributed by atoms with Crippen LogP contribution >= 0.6 is 0 Å². The van der Waals surface area contributed by atoms with Gasteiger partial charge in [0.15, 0.2) is 0 Å². The maximum absolute atomic E-state index is 5.53. The summed E-state index contributed by atoms with van der Waals surface area (Å²) in [4.78, 5) is 0. The minimum atomic E-state index is 0.869. The van der Waals surface area contributed by atoms with Gasteiger partial charge < -0.3 is 4.74 Å². The van der Waals surface area contributed by atoms with Crippen LogP contribution < -0.4 is 4.74 Å². The zero-order valence-electron chi connectivity index (χ0n) is 14.7. The van der Waals surface area contributed by atoms with Crippen LogP contribution in [-0.2, 0) is 0 Å². The smallest absolute Gasteiger partial charge is 0.120 e. The van der Waals surface area contributed by atoms with Gasteiger partial charge in [-0.05, 0) is 51.6 Å². The van der Waals surface area contributed by atoms with E-state index in [1.54, 1.807) is 7.11 Å². The second-order valence-corrected chi connectivity index (χ2v) is 6.26. The van der Waals surface area contributed by atoms with Crippen molar-refractivity contribution in [1.29, 1.82) is 0 Å². The van der Waals surface area contributed by atoms with Gasteiger partial charge in [0.1, 0.15) is 5.75 Å². The number of hydrogen-bond acceptors (Lipinski definition) is 1. The van der Waals surface area contributed by atoms with Gasteiger partial charge in [-0.25, -0.2) is 0 Å². The van der Waals surface area contributed by atoms with Crippen molar-refractivity contribution in [2.75, 3.05) is 7.11 Å². The van der Waals surface area contributed by atoms with E-state index in [1.807, 2.05) is 12.1 Å². The Morgan fingerprint density at radius 1 is 0.423 bits per heavy atom. The summed E-state index contributed by atoms with van der Waals surface area (Å²) in [6.45, 7) is 0. The summed E-state index contributed by atoms with van der Waals surface area (Å²) in [5.41, 5.74) is 7.14.